The van der Waals surface area contributed by atoms with E-state index in [0.717, 1.165) is 25.9 Å². The minimum absolute atomic E-state index is 0.136. The Morgan fingerprint density at radius 2 is 2.38 bits per heavy atom. The SMILES string of the molecule is CN1CCC[C@@H]([C@H](CN)C(N)=O)C1. The van der Waals surface area contributed by atoms with Gasteiger partial charge in [0.15, 0.2) is 0 Å². The summed E-state index contributed by atoms with van der Waals surface area (Å²) >= 11 is 0. The Bertz CT molecular complexity index is 184. The van der Waals surface area contributed by atoms with E-state index in [4.69, 9.17) is 11.5 Å². The number of carbonyl (C=O) groups is 1. The topological polar surface area (TPSA) is 72.3 Å². The fourth-order valence-corrected chi connectivity index (χ4v) is 2.08. The average Bonchev–Trinajstić information content (AvgIpc) is 2.04. The Kier molecular flexibility index (Phi) is 3.69. The second-order valence-electron chi connectivity index (χ2n) is 3.91. The molecule has 0 unspecified atom stereocenters. The molecule has 1 saturated heterocycles. The van der Waals surface area contributed by atoms with Gasteiger partial charge in [0.05, 0.1) is 5.92 Å². The number of nitrogens with zero attached hydrogens (tertiary/aromatic N) is 1. The van der Waals surface area contributed by atoms with Crippen molar-refractivity contribution in [3.8, 4) is 0 Å². The van der Waals surface area contributed by atoms with E-state index in [1.165, 1.54) is 0 Å². The molecule has 0 saturated carbocycles. The van der Waals surface area contributed by atoms with Gasteiger partial charge in [-0.2, -0.15) is 0 Å². The zero-order valence-corrected chi connectivity index (χ0v) is 8.20. The molecule has 2 atom stereocenters. The molecule has 13 heavy (non-hydrogen) atoms. The van der Waals surface area contributed by atoms with Gasteiger partial charge in [-0.05, 0) is 32.4 Å². The van der Waals surface area contributed by atoms with Crippen LogP contribution in [0.25, 0.3) is 0 Å². The highest BCUT2D eigenvalue weighted by molar-refractivity contribution is 5.77. The van der Waals surface area contributed by atoms with Gasteiger partial charge in [0.2, 0.25) is 5.91 Å². The molecule has 4 heteroatoms. The van der Waals surface area contributed by atoms with Crippen LogP contribution in [-0.2, 0) is 4.79 Å². The number of carbonyl (C=O) groups excluding carboxylic acids is 1. The van der Waals surface area contributed by atoms with Gasteiger partial charge in [0.25, 0.3) is 0 Å². The molecule has 4 nitrogen and oxygen atoms in total. The molecule has 4 N–H and O–H groups in total. The lowest BCUT2D eigenvalue weighted by atomic mass is 9.85. The largest absolute Gasteiger partial charge is 0.369 e. The molecule has 1 aliphatic heterocycles. The lowest BCUT2D eigenvalue weighted by Crippen LogP contribution is -2.43. The summed E-state index contributed by atoms with van der Waals surface area (Å²) in [5.41, 5.74) is 10.8. The number of hydrogen-bond acceptors (Lipinski definition) is 3. The predicted octanol–water partition coefficient (Wildman–Crippen LogP) is -0.612. The number of nitrogens with two attached hydrogens (primary N) is 2. The summed E-state index contributed by atoms with van der Waals surface area (Å²) < 4.78 is 0. The Labute approximate surface area is 79.3 Å². The zero-order valence-electron chi connectivity index (χ0n) is 8.20. The summed E-state index contributed by atoms with van der Waals surface area (Å²) in [5.74, 6) is -0.0215. The maximum absolute atomic E-state index is 11.1. The molecule has 76 valence electrons. The van der Waals surface area contributed by atoms with E-state index in [2.05, 4.69) is 11.9 Å². The molecular formula is C9H19N3O. The third kappa shape index (κ3) is 2.67. The monoisotopic (exact) mass is 185 g/mol. The summed E-state index contributed by atoms with van der Waals surface area (Å²) in [7, 11) is 2.07. The maximum Gasteiger partial charge on any atom is 0.222 e. The standard InChI is InChI=1S/C9H19N3O/c1-12-4-2-3-7(6-12)8(5-10)9(11)13/h7-8H,2-6,10H2,1H3,(H2,11,13)/t7-,8+/m1/s1. The minimum Gasteiger partial charge on any atom is -0.369 e. The van der Waals surface area contributed by atoms with Crippen LogP contribution in [0, 0.1) is 11.8 Å². The Balaban J connectivity index is 2.52. The number of amides is 1. The Hall–Kier alpha value is -0.610. The van der Waals surface area contributed by atoms with Crippen LogP contribution >= 0.6 is 0 Å². The Morgan fingerprint density at radius 3 is 2.85 bits per heavy atom. The van der Waals surface area contributed by atoms with Crippen molar-refractivity contribution in [1.82, 2.24) is 4.90 Å². The molecule has 0 aliphatic carbocycles. The smallest absolute Gasteiger partial charge is 0.222 e. The van der Waals surface area contributed by atoms with Gasteiger partial charge in [0.1, 0.15) is 0 Å². The maximum atomic E-state index is 11.1. The van der Waals surface area contributed by atoms with Gasteiger partial charge in [-0.3, -0.25) is 4.79 Å². The van der Waals surface area contributed by atoms with Gasteiger partial charge in [-0.1, -0.05) is 0 Å². The molecule has 1 rings (SSSR count). The third-order valence-electron chi connectivity index (χ3n) is 2.85. The summed E-state index contributed by atoms with van der Waals surface area (Å²) in [6.07, 6.45) is 2.22. The number of rotatable bonds is 3. The van der Waals surface area contributed by atoms with Gasteiger partial charge in [-0.15, -0.1) is 0 Å². The molecule has 0 aromatic heterocycles. The quantitative estimate of drug-likeness (QED) is 0.616. The fourth-order valence-electron chi connectivity index (χ4n) is 2.08. The first kappa shape index (κ1) is 10.5. The second kappa shape index (κ2) is 4.58. The molecule has 1 fully saturated rings. The van der Waals surface area contributed by atoms with Crippen molar-refractivity contribution in [2.45, 2.75) is 12.8 Å². The third-order valence-corrected chi connectivity index (χ3v) is 2.85. The van der Waals surface area contributed by atoms with Crippen molar-refractivity contribution in [2.75, 3.05) is 26.7 Å². The van der Waals surface area contributed by atoms with E-state index in [1.54, 1.807) is 0 Å². The van der Waals surface area contributed by atoms with Crippen LogP contribution in [0.3, 0.4) is 0 Å². The number of primary amides is 1. The van der Waals surface area contributed by atoms with E-state index in [-0.39, 0.29) is 11.8 Å². The molecule has 0 spiro atoms. The van der Waals surface area contributed by atoms with Crippen molar-refractivity contribution in [3.05, 3.63) is 0 Å². The lowest BCUT2D eigenvalue weighted by molar-refractivity contribution is -0.123. The molecule has 1 amide bonds. The zero-order chi connectivity index (χ0) is 9.84. The summed E-state index contributed by atoms with van der Waals surface area (Å²) in [6.45, 7) is 2.45. The van der Waals surface area contributed by atoms with Crippen LogP contribution in [0.5, 0.6) is 0 Å². The van der Waals surface area contributed by atoms with E-state index in [9.17, 15) is 4.79 Å². The van der Waals surface area contributed by atoms with Crippen molar-refractivity contribution in [2.24, 2.45) is 23.3 Å². The first-order chi connectivity index (χ1) is 6.15. The molecular weight excluding hydrogens is 166 g/mol. The number of likely N-dealkylation sites (tertiary alicyclic amines) is 1. The lowest BCUT2D eigenvalue weighted by Gasteiger charge is -2.33. The predicted molar refractivity (Wildman–Crippen MR) is 52.0 cm³/mol. The molecule has 1 aliphatic rings. The van der Waals surface area contributed by atoms with E-state index in [0.29, 0.717) is 12.5 Å². The van der Waals surface area contributed by atoms with Crippen molar-refractivity contribution in [3.63, 3.8) is 0 Å². The first-order valence-corrected chi connectivity index (χ1v) is 4.83. The van der Waals surface area contributed by atoms with Gasteiger partial charge in [-0.25, -0.2) is 0 Å². The van der Waals surface area contributed by atoms with E-state index >= 15 is 0 Å². The van der Waals surface area contributed by atoms with Crippen LogP contribution in [-0.4, -0.2) is 37.5 Å². The molecule has 0 radical (unpaired) electrons. The van der Waals surface area contributed by atoms with E-state index in [1.807, 2.05) is 0 Å². The highest BCUT2D eigenvalue weighted by atomic mass is 16.1. The van der Waals surface area contributed by atoms with Gasteiger partial charge < -0.3 is 16.4 Å². The summed E-state index contributed by atoms with van der Waals surface area (Å²) in [5, 5.41) is 0. The molecule has 0 bridgehead atoms. The summed E-state index contributed by atoms with van der Waals surface area (Å²) in [4.78, 5) is 13.3. The molecule has 0 aromatic carbocycles. The first-order valence-electron chi connectivity index (χ1n) is 4.83. The van der Waals surface area contributed by atoms with Crippen LogP contribution in [0.4, 0.5) is 0 Å². The van der Waals surface area contributed by atoms with E-state index < -0.39 is 0 Å². The molecule has 1 heterocycles. The van der Waals surface area contributed by atoms with Gasteiger partial charge in [0, 0.05) is 13.1 Å². The number of hydrogen-bond donors (Lipinski definition) is 2. The number of piperidine rings is 1. The Morgan fingerprint density at radius 1 is 1.69 bits per heavy atom. The van der Waals surface area contributed by atoms with Crippen molar-refractivity contribution in [1.29, 1.82) is 0 Å². The fraction of sp³-hybridized carbons (Fsp3) is 0.889. The van der Waals surface area contributed by atoms with Crippen LogP contribution in [0.15, 0.2) is 0 Å². The van der Waals surface area contributed by atoms with Crippen LogP contribution < -0.4 is 11.5 Å². The average molecular weight is 185 g/mol. The highest BCUT2D eigenvalue weighted by Gasteiger charge is 2.28. The second-order valence-corrected chi connectivity index (χ2v) is 3.91. The van der Waals surface area contributed by atoms with Crippen LogP contribution in [0.1, 0.15) is 12.8 Å². The van der Waals surface area contributed by atoms with Crippen LogP contribution in [0.2, 0.25) is 0 Å². The normalized spacial score (nSPS) is 27.1. The van der Waals surface area contributed by atoms with Crippen molar-refractivity contribution >= 4 is 5.91 Å². The van der Waals surface area contributed by atoms with Crippen molar-refractivity contribution < 1.29 is 4.79 Å². The summed E-state index contributed by atoms with van der Waals surface area (Å²) in [6, 6.07) is 0. The minimum atomic E-state index is -0.247. The highest BCUT2D eigenvalue weighted by Crippen LogP contribution is 2.22. The van der Waals surface area contributed by atoms with Gasteiger partial charge >= 0.3 is 0 Å². The molecule has 0 aromatic rings.